The summed E-state index contributed by atoms with van der Waals surface area (Å²) in [5.74, 6) is 2.59. The van der Waals surface area contributed by atoms with Crippen molar-refractivity contribution in [2.45, 2.75) is 24.0 Å². The number of benzene rings is 1. The maximum atomic E-state index is 12.8. The highest BCUT2D eigenvalue weighted by Gasteiger charge is 2.97. The molecular formula is C18H15F3O2. The van der Waals surface area contributed by atoms with Crippen molar-refractivity contribution in [1.29, 1.82) is 0 Å². The van der Waals surface area contributed by atoms with Crippen LogP contribution in [-0.2, 0) is 16.5 Å². The van der Waals surface area contributed by atoms with Gasteiger partial charge < -0.3 is 9.84 Å². The molecule has 7 aliphatic rings. The molecule has 4 bridgehead atoms. The fraction of sp³-hybridized carbons (Fsp3) is 0.667. The van der Waals surface area contributed by atoms with Crippen LogP contribution < -0.4 is 0 Å². The molecule has 0 amide bonds. The Kier molecular flexibility index (Phi) is 1.59. The van der Waals surface area contributed by atoms with E-state index in [9.17, 15) is 18.3 Å². The highest BCUT2D eigenvalue weighted by Crippen LogP contribution is 2.94. The van der Waals surface area contributed by atoms with Gasteiger partial charge in [0.15, 0.2) is 5.79 Å². The zero-order chi connectivity index (χ0) is 15.5. The molecule has 8 rings (SSSR count). The normalized spacial score (nSPS) is 61.9. The van der Waals surface area contributed by atoms with Gasteiger partial charge in [-0.25, -0.2) is 0 Å². The SMILES string of the molecule is OC12OC3(c4ccc(C(F)(F)F)cc4)C4C5CC(C6C5C3C61)C42. The molecule has 0 radical (unpaired) electrons. The number of ether oxygens (including phenoxy) is 1. The summed E-state index contributed by atoms with van der Waals surface area (Å²) < 4.78 is 44.9. The van der Waals surface area contributed by atoms with Crippen LogP contribution in [0.25, 0.3) is 0 Å². The highest BCUT2D eigenvalue weighted by molar-refractivity contribution is 5.46. The molecule has 2 heterocycles. The molecule has 120 valence electrons. The molecule has 2 aliphatic heterocycles. The van der Waals surface area contributed by atoms with Gasteiger partial charge in [0.25, 0.3) is 0 Å². The average molecular weight is 320 g/mol. The van der Waals surface area contributed by atoms with Crippen LogP contribution in [-0.4, -0.2) is 10.9 Å². The molecule has 0 aromatic heterocycles. The Morgan fingerprint density at radius 2 is 1.61 bits per heavy atom. The number of halogens is 3. The van der Waals surface area contributed by atoms with E-state index in [1.807, 2.05) is 0 Å². The summed E-state index contributed by atoms with van der Waals surface area (Å²) in [4.78, 5) is 0. The van der Waals surface area contributed by atoms with Gasteiger partial charge in [0.2, 0.25) is 0 Å². The van der Waals surface area contributed by atoms with Gasteiger partial charge in [-0.05, 0) is 47.8 Å². The van der Waals surface area contributed by atoms with E-state index in [2.05, 4.69) is 0 Å². The van der Waals surface area contributed by atoms with E-state index in [0.717, 1.165) is 5.56 Å². The lowest BCUT2D eigenvalue weighted by Crippen LogP contribution is -2.50. The molecule has 10 unspecified atom stereocenters. The van der Waals surface area contributed by atoms with Gasteiger partial charge in [0.1, 0.15) is 5.60 Å². The number of hydrogen-bond acceptors (Lipinski definition) is 2. The Bertz CT molecular complexity index is 773. The Morgan fingerprint density at radius 3 is 2.30 bits per heavy atom. The van der Waals surface area contributed by atoms with Gasteiger partial charge in [0.05, 0.1) is 5.56 Å². The van der Waals surface area contributed by atoms with Gasteiger partial charge in [-0.1, -0.05) is 12.1 Å². The van der Waals surface area contributed by atoms with Crippen LogP contribution >= 0.6 is 0 Å². The Labute approximate surface area is 130 Å². The molecule has 23 heavy (non-hydrogen) atoms. The van der Waals surface area contributed by atoms with Crippen LogP contribution in [0, 0.1) is 47.3 Å². The van der Waals surface area contributed by atoms with Crippen LogP contribution in [0.3, 0.4) is 0 Å². The lowest BCUT2D eigenvalue weighted by Gasteiger charge is -2.46. The molecule has 2 nitrogen and oxygen atoms in total. The summed E-state index contributed by atoms with van der Waals surface area (Å²) in [7, 11) is 0. The van der Waals surface area contributed by atoms with E-state index >= 15 is 0 Å². The van der Waals surface area contributed by atoms with E-state index in [4.69, 9.17) is 4.74 Å². The summed E-state index contributed by atoms with van der Waals surface area (Å²) in [5.41, 5.74) is -0.266. The summed E-state index contributed by atoms with van der Waals surface area (Å²) in [6, 6.07) is 5.53. The fourth-order valence-electron chi connectivity index (χ4n) is 8.43. The standard InChI is InChI=1S/C18H15F3O2/c19-18(20,21)7-3-1-6(2-4-7)16-12-8-5-9-11-10(8)14(16)15(11)17(22,23-16)13(9)12/h1-4,8-15,22H,5H2. The molecule has 5 saturated carbocycles. The first-order chi connectivity index (χ1) is 10.9. The number of hydrogen-bond donors (Lipinski definition) is 1. The summed E-state index contributed by atoms with van der Waals surface area (Å²) in [5, 5.41) is 11.1. The largest absolute Gasteiger partial charge is 0.416 e. The van der Waals surface area contributed by atoms with Crippen molar-refractivity contribution in [3.63, 3.8) is 0 Å². The molecular weight excluding hydrogens is 305 g/mol. The highest BCUT2D eigenvalue weighted by atomic mass is 19.4. The molecule has 5 aliphatic carbocycles. The second kappa shape index (κ2) is 2.97. The third-order valence-corrected chi connectivity index (χ3v) is 8.44. The maximum absolute atomic E-state index is 12.8. The van der Waals surface area contributed by atoms with Crippen molar-refractivity contribution in [3.8, 4) is 0 Å². The van der Waals surface area contributed by atoms with E-state index in [-0.39, 0.29) is 11.8 Å². The fourth-order valence-corrected chi connectivity index (χ4v) is 8.43. The first-order valence-electron chi connectivity index (χ1n) is 8.49. The number of rotatable bonds is 1. The smallest absolute Gasteiger partial charge is 0.365 e. The van der Waals surface area contributed by atoms with Gasteiger partial charge in [0, 0.05) is 23.7 Å². The summed E-state index contributed by atoms with van der Waals surface area (Å²) in [6.07, 6.45) is -3.11. The van der Waals surface area contributed by atoms with Gasteiger partial charge in [-0.3, -0.25) is 0 Å². The minimum atomic E-state index is -4.31. The van der Waals surface area contributed by atoms with E-state index in [1.165, 1.54) is 18.6 Å². The first kappa shape index (κ1) is 12.3. The quantitative estimate of drug-likeness (QED) is 0.862. The first-order valence-corrected chi connectivity index (χ1v) is 8.49. The molecule has 1 aromatic rings. The molecule has 1 N–H and O–H groups in total. The lowest BCUT2D eigenvalue weighted by molar-refractivity contribution is -0.213. The van der Waals surface area contributed by atoms with Crippen molar-refractivity contribution < 1.29 is 23.0 Å². The van der Waals surface area contributed by atoms with Gasteiger partial charge in [-0.15, -0.1) is 0 Å². The number of alkyl halides is 3. The molecule has 2 saturated heterocycles. The van der Waals surface area contributed by atoms with Gasteiger partial charge in [-0.2, -0.15) is 13.2 Å². The van der Waals surface area contributed by atoms with E-state index in [1.54, 1.807) is 12.1 Å². The van der Waals surface area contributed by atoms with Crippen molar-refractivity contribution in [1.82, 2.24) is 0 Å². The molecule has 5 heteroatoms. The molecule has 1 aromatic carbocycles. The van der Waals surface area contributed by atoms with E-state index in [0.29, 0.717) is 35.5 Å². The summed E-state index contributed by atoms with van der Waals surface area (Å²) >= 11 is 0. The second-order valence-corrected chi connectivity index (χ2v) is 8.54. The average Bonchev–Trinajstić information content (AvgIpc) is 3.09. The molecule has 10 atom stereocenters. The predicted octanol–water partition coefficient (Wildman–Crippen LogP) is 3.01. The summed E-state index contributed by atoms with van der Waals surface area (Å²) in [6.45, 7) is 0. The molecule has 0 spiro atoms. The third-order valence-electron chi connectivity index (χ3n) is 8.44. The van der Waals surface area contributed by atoms with E-state index < -0.39 is 23.1 Å². The predicted molar refractivity (Wildman–Crippen MR) is 71.7 cm³/mol. The Balaban J connectivity index is 1.42. The van der Waals surface area contributed by atoms with Crippen LogP contribution in [0.15, 0.2) is 24.3 Å². The minimum Gasteiger partial charge on any atom is -0.365 e. The van der Waals surface area contributed by atoms with Crippen LogP contribution in [0.1, 0.15) is 17.5 Å². The van der Waals surface area contributed by atoms with Crippen LogP contribution in [0.2, 0.25) is 0 Å². The molecule has 7 fully saturated rings. The zero-order valence-corrected chi connectivity index (χ0v) is 12.1. The maximum Gasteiger partial charge on any atom is 0.416 e. The van der Waals surface area contributed by atoms with Gasteiger partial charge >= 0.3 is 6.18 Å². The zero-order valence-electron chi connectivity index (χ0n) is 12.1. The Morgan fingerprint density at radius 1 is 0.957 bits per heavy atom. The third kappa shape index (κ3) is 0.907. The van der Waals surface area contributed by atoms with Crippen molar-refractivity contribution in [2.75, 3.05) is 0 Å². The topological polar surface area (TPSA) is 29.5 Å². The lowest BCUT2D eigenvalue weighted by atomic mass is 9.56. The monoisotopic (exact) mass is 320 g/mol. The van der Waals surface area contributed by atoms with Crippen molar-refractivity contribution in [2.24, 2.45) is 47.3 Å². The number of aliphatic hydroxyl groups is 1. The van der Waals surface area contributed by atoms with Crippen molar-refractivity contribution in [3.05, 3.63) is 35.4 Å². The van der Waals surface area contributed by atoms with Crippen molar-refractivity contribution >= 4 is 0 Å². The second-order valence-electron chi connectivity index (χ2n) is 8.54. The van der Waals surface area contributed by atoms with Crippen LogP contribution in [0.4, 0.5) is 13.2 Å². The Hall–Kier alpha value is -1.07. The minimum absolute atomic E-state index is 0.222. The van der Waals surface area contributed by atoms with Crippen LogP contribution in [0.5, 0.6) is 0 Å².